The first kappa shape index (κ1) is 8.74. The molecule has 6 nitrogen and oxygen atoms in total. The summed E-state index contributed by atoms with van der Waals surface area (Å²) < 4.78 is 0. The molecular weight excluding hydrogens is 180 g/mol. The second-order valence-electron chi connectivity index (χ2n) is 2.80. The van der Waals surface area contributed by atoms with Crippen molar-refractivity contribution in [2.45, 2.75) is 0 Å². The highest BCUT2D eigenvalue weighted by Gasteiger charge is 2.05. The van der Waals surface area contributed by atoms with Gasteiger partial charge in [-0.15, -0.1) is 0 Å². The van der Waals surface area contributed by atoms with Crippen molar-refractivity contribution in [1.82, 2.24) is 15.3 Å². The Hall–Kier alpha value is -1.85. The van der Waals surface area contributed by atoms with Crippen LogP contribution in [0.3, 0.4) is 0 Å². The van der Waals surface area contributed by atoms with Crippen LogP contribution < -0.4 is 16.0 Å². The molecule has 6 heteroatoms. The topological polar surface area (TPSA) is 74.2 Å². The van der Waals surface area contributed by atoms with Gasteiger partial charge in [0.25, 0.3) is 0 Å². The SMILES string of the molecule is CNc1nccc(NC2=NCCN2)n1. The van der Waals surface area contributed by atoms with E-state index < -0.39 is 0 Å². The number of guanidine groups is 1. The Morgan fingerprint density at radius 2 is 2.43 bits per heavy atom. The molecular formula is C8H12N6. The van der Waals surface area contributed by atoms with Gasteiger partial charge in [-0.1, -0.05) is 0 Å². The van der Waals surface area contributed by atoms with Gasteiger partial charge in [0.1, 0.15) is 5.82 Å². The molecule has 0 spiro atoms. The van der Waals surface area contributed by atoms with Gasteiger partial charge >= 0.3 is 0 Å². The van der Waals surface area contributed by atoms with Gasteiger partial charge in [0.05, 0.1) is 6.54 Å². The molecule has 2 rings (SSSR count). The highest BCUT2D eigenvalue weighted by atomic mass is 15.2. The van der Waals surface area contributed by atoms with E-state index in [9.17, 15) is 0 Å². The third-order valence-electron chi connectivity index (χ3n) is 1.80. The monoisotopic (exact) mass is 192 g/mol. The summed E-state index contributed by atoms with van der Waals surface area (Å²) in [6, 6.07) is 1.80. The van der Waals surface area contributed by atoms with Crippen LogP contribution in [0.2, 0.25) is 0 Å². The Morgan fingerprint density at radius 1 is 1.50 bits per heavy atom. The number of nitrogens with one attached hydrogen (secondary N) is 3. The zero-order chi connectivity index (χ0) is 9.80. The quantitative estimate of drug-likeness (QED) is 0.609. The number of nitrogens with zero attached hydrogens (tertiary/aromatic N) is 3. The minimum absolute atomic E-state index is 0.591. The lowest BCUT2D eigenvalue weighted by Crippen LogP contribution is -2.26. The summed E-state index contributed by atoms with van der Waals surface area (Å²) in [5.74, 6) is 2.09. The summed E-state index contributed by atoms with van der Waals surface area (Å²) in [7, 11) is 1.78. The fourth-order valence-electron chi connectivity index (χ4n) is 1.15. The Kier molecular flexibility index (Phi) is 2.44. The maximum absolute atomic E-state index is 4.20. The molecule has 1 aliphatic heterocycles. The number of hydrogen-bond acceptors (Lipinski definition) is 6. The van der Waals surface area contributed by atoms with Crippen LogP contribution in [0.25, 0.3) is 0 Å². The zero-order valence-corrected chi connectivity index (χ0v) is 7.91. The minimum Gasteiger partial charge on any atom is -0.357 e. The molecule has 0 bridgehead atoms. The average molecular weight is 192 g/mol. The zero-order valence-electron chi connectivity index (χ0n) is 7.91. The minimum atomic E-state index is 0.591. The molecule has 0 unspecified atom stereocenters. The van der Waals surface area contributed by atoms with E-state index in [2.05, 4.69) is 30.9 Å². The van der Waals surface area contributed by atoms with Crippen molar-refractivity contribution in [3.05, 3.63) is 12.3 Å². The number of hydrogen-bond donors (Lipinski definition) is 3. The number of aliphatic imine (C=N–C) groups is 1. The Labute approximate surface area is 81.9 Å². The third kappa shape index (κ3) is 1.90. The van der Waals surface area contributed by atoms with E-state index in [4.69, 9.17) is 0 Å². The molecule has 0 fully saturated rings. The van der Waals surface area contributed by atoms with Crippen LogP contribution in [0.5, 0.6) is 0 Å². The van der Waals surface area contributed by atoms with E-state index >= 15 is 0 Å². The second kappa shape index (κ2) is 3.91. The Balaban J connectivity index is 2.08. The van der Waals surface area contributed by atoms with Crippen molar-refractivity contribution in [1.29, 1.82) is 0 Å². The molecule has 14 heavy (non-hydrogen) atoms. The number of anilines is 2. The number of aromatic nitrogens is 2. The summed E-state index contributed by atoms with van der Waals surface area (Å²) in [5.41, 5.74) is 0. The van der Waals surface area contributed by atoms with Crippen molar-refractivity contribution in [3.8, 4) is 0 Å². The van der Waals surface area contributed by atoms with Crippen molar-refractivity contribution < 1.29 is 0 Å². The van der Waals surface area contributed by atoms with Gasteiger partial charge in [0.2, 0.25) is 5.95 Å². The number of rotatable bonds is 2. The van der Waals surface area contributed by atoms with Crippen LogP contribution in [0.4, 0.5) is 11.8 Å². The van der Waals surface area contributed by atoms with Gasteiger partial charge in [-0.05, 0) is 6.07 Å². The Bertz CT molecular complexity index is 347. The van der Waals surface area contributed by atoms with Crippen molar-refractivity contribution in [2.75, 3.05) is 30.8 Å². The summed E-state index contributed by atoms with van der Waals surface area (Å²) in [6.45, 7) is 1.69. The predicted octanol–water partition coefficient (Wildman–Crippen LogP) is -0.111. The largest absolute Gasteiger partial charge is 0.357 e. The van der Waals surface area contributed by atoms with Crippen LogP contribution in [0.1, 0.15) is 0 Å². The van der Waals surface area contributed by atoms with E-state index in [1.54, 1.807) is 19.3 Å². The fraction of sp³-hybridized carbons (Fsp3) is 0.375. The van der Waals surface area contributed by atoms with Gasteiger partial charge < -0.3 is 16.0 Å². The first-order chi connectivity index (χ1) is 6.88. The molecule has 2 heterocycles. The maximum Gasteiger partial charge on any atom is 0.224 e. The standard InChI is InChI=1S/C8H12N6/c1-9-7-10-3-2-6(13-7)14-8-11-4-5-12-8/h2-3H,4-5H2,1H3,(H3,9,10,11,12,13,14). The molecule has 0 aromatic carbocycles. The average Bonchev–Trinajstić information content (AvgIpc) is 2.71. The first-order valence-electron chi connectivity index (χ1n) is 4.44. The van der Waals surface area contributed by atoms with E-state index in [-0.39, 0.29) is 0 Å². The molecule has 1 aliphatic rings. The van der Waals surface area contributed by atoms with Gasteiger partial charge in [-0.2, -0.15) is 4.98 Å². The Morgan fingerprint density at radius 3 is 3.14 bits per heavy atom. The lowest BCUT2D eigenvalue weighted by Gasteiger charge is -2.06. The van der Waals surface area contributed by atoms with Crippen molar-refractivity contribution >= 4 is 17.7 Å². The van der Waals surface area contributed by atoms with E-state index in [1.165, 1.54) is 0 Å². The van der Waals surface area contributed by atoms with Gasteiger partial charge in [0.15, 0.2) is 5.96 Å². The van der Waals surface area contributed by atoms with Gasteiger partial charge in [-0.3, -0.25) is 4.99 Å². The lowest BCUT2D eigenvalue weighted by molar-refractivity contribution is 0.958. The van der Waals surface area contributed by atoms with E-state index in [0.29, 0.717) is 5.95 Å². The molecule has 0 atom stereocenters. The summed E-state index contributed by atoms with van der Waals surface area (Å²) >= 11 is 0. The van der Waals surface area contributed by atoms with Crippen LogP contribution in [-0.2, 0) is 0 Å². The third-order valence-corrected chi connectivity index (χ3v) is 1.80. The van der Waals surface area contributed by atoms with Crippen LogP contribution in [0, 0.1) is 0 Å². The second-order valence-corrected chi connectivity index (χ2v) is 2.80. The van der Waals surface area contributed by atoms with Crippen LogP contribution in [0.15, 0.2) is 17.3 Å². The summed E-state index contributed by atoms with van der Waals surface area (Å²) in [6.07, 6.45) is 1.69. The van der Waals surface area contributed by atoms with E-state index in [0.717, 1.165) is 24.9 Å². The summed E-state index contributed by atoms with van der Waals surface area (Å²) in [5, 5.41) is 9.03. The van der Waals surface area contributed by atoms with Crippen LogP contribution >= 0.6 is 0 Å². The van der Waals surface area contributed by atoms with E-state index in [1.807, 2.05) is 0 Å². The molecule has 0 saturated heterocycles. The van der Waals surface area contributed by atoms with Crippen molar-refractivity contribution in [3.63, 3.8) is 0 Å². The smallest absolute Gasteiger partial charge is 0.224 e. The first-order valence-corrected chi connectivity index (χ1v) is 4.44. The predicted molar refractivity (Wildman–Crippen MR) is 55.5 cm³/mol. The lowest BCUT2D eigenvalue weighted by atomic mass is 10.6. The molecule has 3 N–H and O–H groups in total. The molecule has 0 saturated carbocycles. The molecule has 0 amide bonds. The molecule has 1 aromatic rings. The highest BCUT2D eigenvalue weighted by molar-refractivity contribution is 5.93. The highest BCUT2D eigenvalue weighted by Crippen LogP contribution is 2.04. The molecule has 0 radical (unpaired) electrons. The van der Waals surface area contributed by atoms with Crippen LogP contribution in [-0.4, -0.2) is 36.1 Å². The van der Waals surface area contributed by atoms with Crippen molar-refractivity contribution in [2.24, 2.45) is 4.99 Å². The summed E-state index contributed by atoms with van der Waals surface area (Å²) in [4.78, 5) is 12.4. The maximum atomic E-state index is 4.20. The molecule has 1 aromatic heterocycles. The van der Waals surface area contributed by atoms with Gasteiger partial charge in [-0.25, -0.2) is 4.98 Å². The van der Waals surface area contributed by atoms with Gasteiger partial charge in [0, 0.05) is 19.8 Å². The normalized spacial score (nSPS) is 14.5. The molecule has 0 aliphatic carbocycles. The fourth-order valence-corrected chi connectivity index (χ4v) is 1.15. The molecule has 74 valence electrons.